The van der Waals surface area contributed by atoms with Gasteiger partial charge in [-0.3, -0.25) is 0 Å². The standard InChI is InChI=1S/C10H24N2O/c1-8(6-13)12(5)7-10(3,4)9(2)11/h8-9,13H,6-7,11H2,1-5H3. The highest BCUT2D eigenvalue weighted by atomic mass is 16.3. The van der Waals surface area contributed by atoms with Gasteiger partial charge in [-0.15, -0.1) is 0 Å². The van der Waals surface area contributed by atoms with E-state index in [4.69, 9.17) is 10.8 Å². The molecule has 0 bridgehead atoms. The Bertz CT molecular complexity index is 146. The maximum atomic E-state index is 8.97. The number of hydrogen-bond donors (Lipinski definition) is 2. The molecule has 13 heavy (non-hydrogen) atoms. The Hall–Kier alpha value is -0.120. The molecule has 3 nitrogen and oxygen atoms in total. The molecule has 0 aromatic rings. The first-order chi connectivity index (χ1) is 5.81. The van der Waals surface area contributed by atoms with Crippen LogP contribution in [0.15, 0.2) is 0 Å². The minimum atomic E-state index is 0.0954. The van der Waals surface area contributed by atoms with Crippen molar-refractivity contribution < 1.29 is 5.11 Å². The van der Waals surface area contributed by atoms with Crippen molar-refractivity contribution in [2.45, 2.75) is 39.8 Å². The van der Waals surface area contributed by atoms with Gasteiger partial charge in [0.25, 0.3) is 0 Å². The summed E-state index contributed by atoms with van der Waals surface area (Å²) in [6.07, 6.45) is 0. The fourth-order valence-electron chi connectivity index (χ4n) is 1.08. The van der Waals surface area contributed by atoms with E-state index in [0.29, 0.717) is 0 Å². The van der Waals surface area contributed by atoms with Gasteiger partial charge in [0.2, 0.25) is 0 Å². The van der Waals surface area contributed by atoms with Crippen LogP contribution in [0.25, 0.3) is 0 Å². The zero-order valence-corrected chi connectivity index (χ0v) is 9.54. The average Bonchev–Trinajstić information content (AvgIpc) is 2.01. The summed E-state index contributed by atoms with van der Waals surface area (Å²) in [6, 6.07) is 0.374. The smallest absolute Gasteiger partial charge is 0.0584 e. The highest BCUT2D eigenvalue weighted by Gasteiger charge is 2.25. The van der Waals surface area contributed by atoms with Crippen LogP contribution in [0.5, 0.6) is 0 Å². The third-order valence-electron chi connectivity index (χ3n) is 2.91. The Morgan fingerprint density at radius 1 is 1.38 bits per heavy atom. The molecule has 0 fully saturated rings. The summed E-state index contributed by atoms with van der Waals surface area (Å²) in [5.74, 6) is 0. The number of aliphatic hydroxyl groups is 1. The van der Waals surface area contributed by atoms with Crippen molar-refractivity contribution in [1.82, 2.24) is 4.90 Å². The number of rotatable bonds is 5. The van der Waals surface area contributed by atoms with Crippen molar-refractivity contribution in [3.63, 3.8) is 0 Å². The molecule has 0 aromatic carbocycles. The van der Waals surface area contributed by atoms with Crippen molar-refractivity contribution in [1.29, 1.82) is 0 Å². The summed E-state index contributed by atoms with van der Waals surface area (Å²) in [4.78, 5) is 2.14. The van der Waals surface area contributed by atoms with Crippen LogP contribution >= 0.6 is 0 Å². The zero-order valence-electron chi connectivity index (χ0n) is 9.54. The van der Waals surface area contributed by atoms with Crippen LogP contribution in [0, 0.1) is 5.41 Å². The first-order valence-corrected chi connectivity index (χ1v) is 4.88. The van der Waals surface area contributed by atoms with E-state index >= 15 is 0 Å². The van der Waals surface area contributed by atoms with Crippen molar-refractivity contribution in [2.75, 3.05) is 20.2 Å². The molecule has 0 aliphatic carbocycles. The Morgan fingerprint density at radius 3 is 2.15 bits per heavy atom. The van der Waals surface area contributed by atoms with Crippen LogP contribution < -0.4 is 5.73 Å². The van der Waals surface area contributed by atoms with Crippen molar-refractivity contribution in [3.05, 3.63) is 0 Å². The highest BCUT2D eigenvalue weighted by molar-refractivity contribution is 4.81. The van der Waals surface area contributed by atoms with Gasteiger partial charge in [0, 0.05) is 18.6 Å². The van der Waals surface area contributed by atoms with Gasteiger partial charge in [0.15, 0.2) is 0 Å². The van der Waals surface area contributed by atoms with E-state index < -0.39 is 0 Å². The first-order valence-electron chi connectivity index (χ1n) is 4.88. The Labute approximate surface area is 81.9 Å². The van der Waals surface area contributed by atoms with Gasteiger partial charge in [-0.2, -0.15) is 0 Å². The minimum absolute atomic E-state index is 0.0954. The molecule has 0 aliphatic heterocycles. The van der Waals surface area contributed by atoms with Gasteiger partial charge in [-0.25, -0.2) is 0 Å². The highest BCUT2D eigenvalue weighted by Crippen LogP contribution is 2.20. The molecule has 0 amide bonds. The fraction of sp³-hybridized carbons (Fsp3) is 1.00. The molecular formula is C10H24N2O. The summed E-state index contributed by atoms with van der Waals surface area (Å²) in [5.41, 5.74) is 5.97. The van der Waals surface area contributed by atoms with Crippen LogP contribution in [0.4, 0.5) is 0 Å². The van der Waals surface area contributed by atoms with Crippen LogP contribution in [-0.2, 0) is 0 Å². The molecule has 0 rings (SSSR count). The Balaban J connectivity index is 4.11. The summed E-state index contributed by atoms with van der Waals surface area (Å²) in [6.45, 7) is 9.45. The molecule has 0 heterocycles. The summed E-state index contributed by atoms with van der Waals surface area (Å²) >= 11 is 0. The second kappa shape index (κ2) is 4.94. The molecule has 3 heteroatoms. The van der Waals surface area contributed by atoms with Crippen molar-refractivity contribution >= 4 is 0 Å². The van der Waals surface area contributed by atoms with E-state index in [-0.39, 0.29) is 24.1 Å². The van der Waals surface area contributed by atoms with Gasteiger partial charge in [-0.1, -0.05) is 13.8 Å². The summed E-state index contributed by atoms with van der Waals surface area (Å²) in [5, 5.41) is 8.97. The fourth-order valence-corrected chi connectivity index (χ4v) is 1.08. The molecular weight excluding hydrogens is 164 g/mol. The Kier molecular flexibility index (Phi) is 4.89. The molecule has 0 aliphatic rings. The number of aliphatic hydroxyl groups excluding tert-OH is 1. The monoisotopic (exact) mass is 188 g/mol. The second-order valence-electron chi connectivity index (χ2n) is 4.72. The summed E-state index contributed by atoms with van der Waals surface area (Å²) < 4.78 is 0. The van der Waals surface area contributed by atoms with Crippen molar-refractivity contribution in [3.8, 4) is 0 Å². The predicted octanol–water partition coefficient (Wildman–Crippen LogP) is 0.672. The normalized spacial score (nSPS) is 17.5. The maximum Gasteiger partial charge on any atom is 0.0584 e. The zero-order chi connectivity index (χ0) is 10.6. The number of likely N-dealkylation sites (N-methyl/N-ethyl adjacent to an activating group) is 1. The molecule has 0 radical (unpaired) electrons. The minimum Gasteiger partial charge on any atom is -0.395 e. The van der Waals surface area contributed by atoms with Crippen molar-refractivity contribution in [2.24, 2.45) is 11.1 Å². The van der Waals surface area contributed by atoms with Crippen LogP contribution in [0.2, 0.25) is 0 Å². The Morgan fingerprint density at radius 2 is 1.85 bits per heavy atom. The predicted molar refractivity (Wildman–Crippen MR) is 56.6 cm³/mol. The van der Waals surface area contributed by atoms with Gasteiger partial charge < -0.3 is 15.7 Å². The van der Waals surface area contributed by atoms with Crippen LogP contribution in [-0.4, -0.2) is 42.3 Å². The quantitative estimate of drug-likeness (QED) is 0.667. The van der Waals surface area contributed by atoms with E-state index in [1.807, 2.05) is 20.9 Å². The molecule has 0 aromatic heterocycles. The first kappa shape index (κ1) is 12.9. The number of hydrogen-bond acceptors (Lipinski definition) is 3. The topological polar surface area (TPSA) is 49.5 Å². The van der Waals surface area contributed by atoms with E-state index in [2.05, 4.69) is 18.7 Å². The van der Waals surface area contributed by atoms with E-state index in [9.17, 15) is 0 Å². The number of nitrogens with zero attached hydrogens (tertiary/aromatic N) is 1. The lowest BCUT2D eigenvalue weighted by Crippen LogP contribution is -2.46. The molecule has 2 unspecified atom stereocenters. The second-order valence-corrected chi connectivity index (χ2v) is 4.72. The van der Waals surface area contributed by atoms with E-state index in [1.165, 1.54) is 0 Å². The lowest BCUT2D eigenvalue weighted by atomic mass is 9.85. The van der Waals surface area contributed by atoms with Crippen LogP contribution in [0.1, 0.15) is 27.7 Å². The molecule has 3 N–H and O–H groups in total. The average molecular weight is 188 g/mol. The largest absolute Gasteiger partial charge is 0.395 e. The molecule has 0 saturated carbocycles. The molecule has 80 valence electrons. The van der Waals surface area contributed by atoms with E-state index in [0.717, 1.165) is 6.54 Å². The maximum absolute atomic E-state index is 8.97. The lowest BCUT2D eigenvalue weighted by molar-refractivity contribution is 0.108. The number of nitrogens with two attached hydrogens (primary N) is 1. The van der Waals surface area contributed by atoms with Gasteiger partial charge in [0.05, 0.1) is 6.61 Å². The van der Waals surface area contributed by atoms with Gasteiger partial charge in [0.1, 0.15) is 0 Å². The molecule has 0 saturated heterocycles. The van der Waals surface area contributed by atoms with E-state index in [1.54, 1.807) is 0 Å². The molecule has 2 atom stereocenters. The summed E-state index contributed by atoms with van der Waals surface area (Å²) in [7, 11) is 2.02. The van der Waals surface area contributed by atoms with Gasteiger partial charge in [-0.05, 0) is 26.3 Å². The molecule has 0 spiro atoms. The third kappa shape index (κ3) is 4.07. The SMILES string of the molecule is CC(CO)N(C)CC(C)(C)C(C)N. The third-order valence-corrected chi connectivity index (χ3v) is 2.91. The van der Waals surface area contributed by atoms with Crippen LogP contribution in [0.3, 0.4) is 0 Å². The van der Waals surface area contributed by atoms with Gasteiger partial charge >= 0.3 is 0 Å². The lowest BCUT2D eigenvalue weighted by Gasteiger charge is -2.35.